The lowest BCUT2D eigenvalue weighted by Crippen LogP contribution is -2.28. The molecule has 0 bridgehead atoms. The molecule has 0 saturated heterocycles. The van der Waals surface area contributed by atoms with E-state index in [1.54, 1.807) is 24.3 Å². The molecule has 3 nitrogen and oxygen atoms in total. The van der Waals surface area contributed by atoms with Crippen molar-refractivity contribution in [3.05, 3.63) is 63.6 Å². The van der Waals surface area contributed by atoms with E-state index >= 15 is 0 Å². The summed E-state index contributed by atoms with van der Waals surface area (Å²) in [6, 6.07) is 14.5. The number of hydrogen-bond acceptors (Lipinski definition) is 1. The Morgan fingerprint density at radius 3 is 2.32 bits per heavy atom. The van der Waals surface area contributed by atoms with Crippen LogP contribution >= 0.6 is 27.5 Å². The molecular weight excluding hydrogens is 328 g/mol. The van der Waals surface area contributed by atoms with Gasteiger partial charge in [-0.3, -0.25) is 0 Å². The van der Waals surface area contributed by atoms with E-state index < -0.39 is 0 Å². The fourth-order valence-corrected chi connectivity index (χ4v) is 1.88. The molecule has 0 atom stereocenters. The predicted octanol–water partition coefficient (Wildman–Crippen LogP) is 4.42. The first-order chi connectivity index (χ1) is 9.13. The van der Waals surface area contributed by atoms with Crippen LogP contribution in [0.5, 0.6) is 0 Å². The van der Waals surface area contributed by atoms with Gasteiger partial charge in [0.05, 0.1) is 0 Å². The molecule has 2 aromatic rings. The number of carbonyl (C=O) groups is 1. The van der Waals surface area contributed by atoms with Crippen molar-refractivity contribution in [2.24, 2.45) is 0 Å². The van der Waals surface area contributed by atoms with Crippen LogP contribution in [-0.2, 0) is 6.54 Å². The first-order valence-electron chi connectivity index (χ1n) is 5.68. The zero-order chi connectivity index (χ0) is 13.7. The highest BCUT2D eigenvalue weighted by Crippen LogP contribution is 2.13. The third-order valence-electron chi connectivity index (χ3n) is 2.47. The van der Waals surface area contributed by atoms with Gasteiger partial charge in [-0.25, -0.2) is 4.79 Å². The molecule has 0 aromatic heterocycles. The van der Waals surface area contributed by atoms with Crippen molar-refractivity contribution in [2.45, 2.75) is 6.54 Å². The quantitative estimate of drug-likeness (QED) is 0.853. The Kier molecular flexibility index (Phi) is 4.82. The largest absolute Gasteiger partial charge is 0.334 e. The Hall–Kier alpha value is -1.52. The molecule has 0 heterocycles. The van der Waals surface area contributed by atoms with Gasteiger partial charge in [0.15, 0.2) is 0 Å². The molecule has 0 aliphatic carbocycles. The minimum absolute atomic E-state index is 0.245. The Balaban J connectivity index is 1.84. The van der Waals surface area contributed by atoms with Gasteiger partial charge in [-0.2, -0.15) is 0 Å². The molecule has 0 unspecified atom stereocenters. The van der Waals surface area contributed by atoms with Crippen molar-refractivity contribution < 1.29 is 4.79 Å². The third kappa shape index (κ3) is 4.58. The van der Waals surface area contributed by atoms with Crippen LogP contribution in [0.15, 0.2) is 53.0 Å². The van der Waals surface area contributed by atoms with E-state index in [0.717, 1.165) is 10.0 Å². The molecule has 0 saturated carbocycles. The Morgan fingerprint density at radius 2 is 1.68 bits per heavy atom. The maximum absolute atomic E-state index is 11.7. The summed E-state index contributed by atoms with van der Waals surface area (Å²) < 4.78 is 1.02. The highest BCUT2D eigenvalue weighted by molar-refractivity contribution is 9.10. The number of benzene rings is 2. The van der Waals surface area contributed by atoms with Gasteiger partial charge < -0.3 is 10.6 Å². The van der Waals surface area contributed by atoms with Crippen LogP contribution in [0.4, 0.5) is 10.5 Å². The topological polar surface area (TPSA) is 41.1 Å². The van der Waals surface area contributed by atoms with Crippen molar-refractivity contribution in [1.29, 1.82) is 0 Å². The highest BCUT2D eigenvalue weighted by Gasteiger charge is 2.01. The second-order valence-corrected chi connectivity index (χ2v) is 5.29. The van der Waals surface area contributed by atoms with E-state index in [2.05, 4.69) is 26.6 Å². The minimum Gasteiger partial charge on any atom is -0.334 e. The molecule has 98 valence electrons. The molecule has 0 aliphatic heterocycles. The zero-order valence-electron chi connectivity index (χ0n) is 9.99. The minimum atomic E-state index is -0.245. The first kappa shape index (κ1) is 13.9. The van der Waals surface area contributed by atoms with E-state index in [9.17, 15) is 4.79 Å². The fraction of sp³-hybridized carbons (Fsp3) is 0.0714. The molecular formula is C14H12BrClN2O. The monoisotopic (exact) mass is 338 g/mol. The lowest BCUT2D eigenvalue weighted by atomic mass is 10.2. The number of halogens is 2. The van der Waals surface area contributed by atoms with Gasteiger partial charge in [0.2, 0.25) is 0 Å². The van der Waals surface area contributed by atoms with Gasteiger partial charge in [0.25, 0.3) is 0 Å². The Morgan fingerprint density at radius 1 is 1.05 bits per heavy atom. The highest BCUT2D eigenvalue weighted by atomic mass is 79.9. The standard InChI is InChI=1S/C14H12BrClN2O/c15-11-3-1-10(2-4-11)9-17-14(19)18-13-7-5-12(16)6-8-13/h1-8H,9H2,(H2,17,18,19). The Bertz CT molecular complexity index is 555. The molecule has 2 rings (SSSR count). The molecule has 2 aromatic carbocycles. The number of urea groups is 1. The van der Waals surface area contributed by atoms with Gasteiger partial charge >= 0.3 is 6.03 Å². The smallest absolute Gasteiger partial charge is 0.319 e. The maximum atomic E-state index is 11.7. The van der Waals surface area contributed by atoms with E-state index in [1.165, 1.54) is 0 Å². The summed E-state index contributed by atoms with van der Waals surface area (Å²) in [5.74, 6) is 0. The number of rotatable bonds is 3. The average molecular weight is 340 g/mol. The van der Waals surface area contributed by atoms with E-state index in [0.29, 0.717) is 17.3 Å². The van der Waals surface area contributed by atoms with Crippen LogP contribution in [-0.4, -0.2) is 6.03 Å². The maximum Gasteiger partial charge on any atom is 0.319 e. The molecule has 0 fully saturated rings. The number of amides is 2. The summed E-state index contributed by atoms with van der Waals surface area (Å²) in [7, 11) is 0. The van der Waals surface area contributed by atoms with Crippen molar-refractivity contribution in [3.63, 3.8) is 0 Å². The number of anilines is 1. The van der Waals surface area contributed by atoms with Gasteiger partial charge in [-0.05, 0) is 42.0 Å². The molecule has 0 radical (unpaired) electrons. The van der Waals surface area contributed by atoms with Crippen LogP contribution in [0.25, 0.3) is 0 Å². The lowest BCUT2D eigenvalue weighted by molar-refractivity contribution is 0.251. The van der Waals surface area contributed by atoms with E-state index in [1.807, 2.05) is 24.3 Å². The van der Waals surface area contributed by atoms with Crippen molar-refractivity contribution in [3.8, 4) is 0 Å². The molecule has 0 spiro atoms. The third-order valence-corrected chi connectivity index (χ3v) is 3.25. The first-order valence-corrected chi connectivity index (χ1v) is 6.85. The lowest BCUT2D eigenvalue weighted by Gasteiger charge is -2.07. The summed E-state index contributed by atoms with van der Waals surface area (Å²) in [6.45, 7) is 0.479. The fourth-order valence-electron chi connectivity index (χ4n) is 1.49. The number of nitrogens with one attached hydrogen (secondary N) is 2. The Labute approximate surface area is 125 Å². The summed E-state index contributed by atoms with van der Waals surface area (Å²) >= 11 is 9.14. The average Bonchev–Trinajstić information content (AvgIpc) is 2.41. The second kappa shape index (κ2) is 6.59. The SMILES string of the molecule is O=C(NCc1ccc(Br)cc1)Nc1ccc(Cl)cc1. The summed E-state index contributed by atoms with van der Waals surface area (Å²) in [4.78, 5) is 11.7. The van der Waals surface area contributed by atoms with Crippen molar-refractivity contribution in [1.82, 2.24) is 5.32 Å². The summed E-state index contributed by atoms with van der Waals surface area (Å²) in [5.41, 5.74) is 1.74. The van der Waals surface area contributed by atoms with Crippen LogP contribution in [0, 0.1) is 0 Å². The van der Waals surface area contributed by atoms with Crippen LogP contribution in [0.3, 0.4) is 0 Å². The molecule has 2 N–H and O–H groups in total. The molecule has 0 aliphatic rings. The van der Waals surface area contributed by atoms with Crippen molar-refractivity contribution in [2.75, 3.05) is 5.32 Å². The van der Waals surface area contributed by atoms with E-state index in [-0.39, 0.29) is 6.03 Å². The molecule has 5 heteroatoms. The molecule has 2 amide bonds. The van der Waals surface area contributed by atoms with Gasteiger partial charge in [0.1, 0.15) is 0 Å². The van der Waals surface area contributed by atoms with Crippen molar-refractivity contribution >= 4 is 39.2 Å². The predicted molar refractivity (Wildman–Crippen MR) is 81.5 cm³/mol. The van der Waals surface area contributed by atoms with Gasteiger partial charge in [-0.1, -0.05) is 39.7 Å². The van der Waals surface area contributed by atoms with E-state index in [4.69, 9.17) is 11.6 Å². The second-order valence-electron chi connectivity index (χ2n) is 3.94. The number of hydrogen-bond donors (Lipinski definition) is 2. The summed E-state index contributed by atoms with van der Waals surface area (Å²) in [5, 5.41) is 6.16. The van der Waals surface area contributed by atoms with Gasteiger partial charge in [0, 0.05) is 21.7 Å². The van der Waals surface area contributed by atoms with Crippen LogP contribution < -0.4 is 10.6 Å². The number of carbonyl (C=O) groups excluding carboxylic acids is 1. The van der Waals surface area contributed by atoms with Crippen LogP contribution in [0.2, 0.25) is 5.02 Å². The normalized spacial score (nSPS) is 10.0. The molecule has 19 heavy (non-hydrogen) atoms. The summed E-state index contributed by atoms with van der Waals surface area (Å²) in [6.07, 6.45) is 0. The van der Waals surface area contributed by atoms with Crippen LogP contribution in [0.1, 0.15) is 5.56 Å². The van der Waals surface area contributed by atoms with Gasteiger partial charge in [-0.15, -0.1) is 0 Å². The zero-order valence-corrected chi connectivity index (χ0v) is 12.3.